The standard InChI is InChI=1S/C16H20N2O2/c1-3-9-20-15-6-4-5-13(10-15)11-17-14-7-8-16(19-2)18-12-14/h4-8,10,12,17H,3,9,11H2,1-2H3. The molecule has 0 aliphatic rings. The minimum absolute atomic E-state index is 0.616. The van der Waals surface area contributed by atoms with Gasteiger partial charge in [-0.15, -0.1) is 0 Å². The third-order valence-corrected chi connectivity index (χ3v) is 2.81. The number of ether oxygens (including phenoxy) is 2. The third-order valence-electron chi connectivity index (χ3n) is 2.81. The first-order valence-corrected chi connectivity index (χ1v) is 6.77. The molecule has 0 aliphatic carbocycles. The van der Waals surface area contributed by atoms with E-state index < -0.39 is 0 Å². The summed E-state index contributed by atoms with van der Waals surface area (Å²) in [5.41, 5.74) is 2.14. The Morgan fingerprint density at radius 1 is 1.20 bits per heavy atom. The van der Waals surface area contributed by atoms with Crippen molar-refractivity contribution >= 4 is 5.69 Å². The van der Waals surface area contributed by atoms with Crippen LogP contribution in [0.1, 0.15) is 18.9 Å². The van der Waals surface area contributed by atoms with Crippen molar-refractivity contribution < 1.29 is 9.47 Å². The predicted molar refractivity (Wildman–Crippen MR) is 80.3 cm³/mol. The minimum Gasteiger partial charge on any atom is -0.494 e. The van der Waals surface area contributed by atoms with Gasteiger partial charge >= 0.3 is 0 Å². The van der Waals surface area contributed by atoms with E-state index in [1.165, 1.54) is 5.56 Å². The van der Waals surface area contributed by atoms with Crippen molar-refractivity contribution in [3.05, 3.63) is 48.2 Å². The van der Waals surface area contributed by atoms with Crippen LogP contribution in [0, 0.1) is 0 Å². The Labute approximate surface area is 119 Å². The number of nitrogens with zero attached hydrogens (tertiary/aromatic N) is 1. The maximum atomic E-state index is 5.62. The van der Waals surface area contributed by atoms with Gasteiger partial charge in [-0.2, -0.15) is 0 Å². The van der Waals surface area contributed by atoms with Gasteiger partial charge in [0.25, 0.3) is 0 Å². The summed E-state index contributed by atoms with van der Waals surface area (Å²) in [4.78, 5) is 4.16. The Kier molecular flexibility index (Phi) is 5.24. The molecule has 0 saturated heterocycles. The van der Waals surface area contributed by atoms with Crippen LogP contribution in [-0.2, 0) is 6.54 Å². The van der Waals surface area contributed by atoms with E-state index in [2.05, 4.69) is 29.4 Å². The van der Waals surface area contributed by atoms with Crippen molar-refractivity contribution in [2.45, 2.75) is 19.9 Å². The smallest absolute Gasteiger partial charge is 0.213 e. The van der Waals surface area contributed by atoms with E-state index in [1.807, 2.05) is 24.3 Å². The summed E-state index contributed by atoms with van der Waals surface area (Å²) >= 11 is 0. The van der Waals surface area contributed by atoms with Gasteiger partial charge in [0.15, 0.2) is 0 Å². The van der Waals surface area contributed by atoms with Crippen LogP contribution >= 0.6 is 0 Å². The second kappa shape index (κ2) is 7.38. The monoisotopic (exact) mass is 272 g/mol. The first-order valence-electron chi connectivity index (χ1n) is 6.77. The van der Waals surface area contributed by atoms with Crippen LogP contribution in [0.5, 0.6) is 11.6 Å². The van der Waals surface area contributed by atoms with E-state index >= 15 is 0 Å². The molecule has 1 aromatic heterocycles. The van der Waals surface area contributed by atoms with Gasteiger partial charge in [0.2, 0.25) is 5.88 Å². The Balaban J connectivity index is 1.92. The SMILES string of the molecule is CCCOc1cccc(CNc2ccc(OC)nc2)c1. The lowest BCUT2D eigenvalue weighted by Crippen LogP contribution is -2.01. The number of benzene rings is 1. The lowest BCUT2D eigenvalue weighted by Gasteiger charge is -2.09. The number of hydrogen-bond donors (Lipinski definition) is 1. The molecule has 20 heavy (non-hydrogen) atoms. The molecule has 0 radical (unpaired) electrons. The first kappa shape index (κ1) is 14.2. The third kappa shape index (κ3) is 4.16. The average Bonchev–Trinajstić information content (AvgIpc) is 2.52. The second-order valence-corrected chi connectivity index (χ2v) is 4.44. The molecule has 0 bridgehead atoms. The Morgan fingerprint density at radius 3 is 2.80 bits per heavy atom. The van der Waals surface area contributed by atoms with E-state index in [1.54, 1.807) is 13.3 Å². The summed E-state index contributed by atoms with van der Waals surface area (Å²) in [7, 11) is 1.61. The van der Waals surface area contributed by atoms with Crippen molar-refractivity contribution in [1.29, 1.82) is 0 Å². The molecule has 1 N–H and O–H groups in total. The largest absolute Gasteiger partial charge is 0.494 e. The highest BCUT2D eigenvalue weighted by Gasteiger charge is 1.98. The number of pyridine rings is 1. The molecule has 4 nitrogen and oxygen atoms in total. The molecule has 0 spiro atoms. The van der Waals surface area contributed by atoms with Crippen molar-refractivity contribution in [1.82, 2.24) is 4.98 Å². The molecule has 0 unspecified atom stereocenters. The van der Waals surface area contributed by atoms with Crippen LogP contribution in [0.3, 0.4) is 0 Å². The van der Waals surface area contributed by atoms with Gasteiger partial charge in [-0.1, -0.05) is 19.1 Å². The Hall–Kier alpha value is -2.23. The predicted octanol–water partition coefficient (Wildman–Crippen LogP) is 3.49. The fraction of sp³-hybridized carbons (Fsp3) is 0.312. The molecule has 0 aliphatic heterocycles. The molecule has 2 rings (SSSR count). The number of rotatable bonds is 7. The molecular formula is C16H20N2O2. The molecule has 0 atom stereocenters. The number of aromatic nitrogens is 1. The molecule has 0 saturated carbocycles. The highest BCUT2D eigenvalue weighted by Crippen LogP contribution is 2.16. The molecule has 0 fully saturated rings. The quantitative estimate of drug-likeness (QED) is 0.838. The highest BCUT2D eigenvalue weighted by atomic mass is 16.5. The topological polar surface area (TPSA) is 43.4 Å². The van der Waals surface area contributed by atoms with Gasteiger partial charge in [0, 0.05) is 12.6 Å². The molecule has 1 heterocycles. The van der Waals surface area contributed by atoms with Crippen LogP contribution in [0.15, 0.2) is 42.6 Å². The Bertz CT molecular complexity index is 526. The zero-order valence-corrected chi connectivity index (χ0v) is 11.9. The normalized spacial score (nSPS) is 10.1. The summed E-state index contributed by atoms with van der Waals surface area (Å²) in [6, 6.07) is 11.9. The van der Waals surface area contributed by atoms with Crippen molar-refractivity contribution in [3.8, 4) is 11.6 Å². The fourth-order valence-electron chi connectivity index (χ4n) is 1.77. The maximum absolute atomic E-state index is 5.62. The number of anilines is 1. The van der Waals surface area contributed by atoms with Crippen LogP contribution in [0.2, 0.25) is 0 Å². The van der Waals surface area contributed by atoms with Gasteiger partial charge in [0.1, 0.15) is 5.75 Å². The van der Waals surface area contributed by atoms with E-state index in [0.29, 0.717) is 5.88 Å². The van der Waals surface area contributed by atoms with E-state index in [9.17, 15) is 0 Å². The van der Waals surface area contributed by atoms with E-state index in [4.69, 9.17) is 9.47 Å². The molecule has 4 heteroatoms. The molecule has 106 valence electrons. The second-order valence-electron chi connectivity index (χ2n) is 4.44. The summed E-state index contributed by atoms with van der Waals surface area (Å²) < 4.78 is 10.7. The van der Waals surface area contributed by atoms with Crippen LogP contribution < -0.4 is 14.8 Å². The summed E-state index contributed by atoms with van der Waals surface area (Å²) in [5.74, 6) is 1.53. The Morgan fingerprint density at radius 2 is 2.10 bits per heavy atom. The summed E-state index contributed by atoms with van der Waals surface area (Å²) in [6.07, 6.45) is 2.77. The number of methoxy groups -OCH3 is 1. The minimum atomic E-state index is 0.616. The zero-order valence-electron chi connectivity index (χ0n) is 11.9. The maximum Gasteiger partial charge on any atom is 0.213 e. The number of nitrogens with one attached hydrogen (secondary N) is 1. The lowest BCUT2D eigenvalue weighted by molar-refractivity contribution is 0.317. The zero-order chi connectivity index (χ0) is 14.2. The van der Waals surface area contributed by atoms with Crippen molar-refractivity contribution in [2.75, 3.05) is 19.0 Å². The van der Waals surface area contributed by atoms with Crippen LogP contribution in [-0.4, -0.2) is 18.7 Å². The molecule has 1 aromatic carbocycles. The van der Waals surface area contributed by atoms with Gasteiger partial charge in [-0.3, -0.25) is 0 Å². The lowest BCUT2D eigenvalue weighted by atomic mass is 10.2. The highest BCUT2D eigenvalue weighted by molar-refractivity contribution is 5.43. The summed E-state index contributed by atoms with van der Waals surface area (Å²) in [5, 5.41) is 3.32. The van der Waals surface area contributed by atoms with Gasteiger partial charge in [-0.05, 0) is 30.2 Å². The van der Waals surface area contributed by atoms with Gasteiger partial charge < -0.3 is 14.8 Å². The molecule has 0 amide bonds. The first-order chi connectivity index (χ1) is 9.81. The van der Waals surface area contributed by atoms with Crippen LogP contribution in [0.4, 0.5) is 5.69 Å². The number of hydrogen-bond acceptors (Lipinski definition) is 4. The van der Waals surface area contributed by atoms with E-state index in [-0.39, 0.29) is 0 Å². The average molecular weight is 272 g/mol. The van der Waals surface area contributed by atoms with Crippen molar-refractivity contribution in [3.63, 3.8) is 0 Å². The summed E-state index contributed by atoms with van der Waals surface area (Å²) in [6.45, 7) is 3.58. The fourth-order valence-corrected chi connectivity index (χ4v) is 1.77. The molecular weight excluding hydrogens is 252 g/mol. The van der Waals surface area contributed by atoms with Crippen LogP contribution in [0.25, 0.3) is 0 Å². The van der Waals surface area contributed by atoms with Gasteiger partial charge in [-0.25, -0.2) is 4.98 Å². The van der Waals surface area contributed by atoms with Gasteiger partial charge in [0.05, 0.1) is 25.6 Å². The van der Waals surface area contributed by atoms with E-state index in [0.717, 1.165) is 31.0 Å². The van der Waals surface area contributed by atoms with Crippen molar-refractivity contribution in [2.24, 2.45) is 0 Å². The molecule has 2 aromatic rings.